The Morgan fingerprint density at radius 1 is 1.27 bits per heavy atom. The normalized spacial score (nSPS) is 11.1. The molecule has 1 amide bonds. The Hall–Kier alpha value is -3.06. The third kappa shape index (κ3) is 3.62. The molecule has 0 aliphatic carbocycles. The Morgan fingerprint density at radius 2 is 2.19 bits per heavy atom. The van der Waals surface area contributed by atoms with Crippen molar-refractivity contribution in [3.05, 3.63) is 59.3 Å². The Morgan fingerprint density at radius 3 is 3.04 bits per heavy atom. The Kier molecular flexibility index (Phi) is 4.45. The van der Waals surface area contributed by atoms with Gasteiger partial charge in [0.05, 0.1) is 12.8 Å². The van der Waals surface area contributed by atoms with Gasteiger partial charge in [-0.15, -0.1) is 0 Å². The van der Waals surface area contributed by atoms with E-state index in [1.54, 1.807) is 12.1 Å². The van der Waals surface area contributed by atoms with Gasteiger partial charge in [0.1, 0.15) is 0 Å². The number of H-pyrrole nitrogens is 1. The van der Waals surface area contributed by atoms with Gasteiger partial charge in [0.15, 0.2) is 5.76 Å². The highest BCUT2D eigenvalue weighted by atomic mass is 35.5. The summed E-state index contributed by atoms with van der Waals surface area (Å²) in [5, 5.41) is 8.39. The first-order chi connectivity index (χ1) is 12.7. The molecule has 0 atom stereocenters. The maximum absolute atomic E-state index is 12.0. The van der Waals surface area contributed by atoms with E-state index in [0.717, 1.165) is 16.6 Å². The number of rotatable bonds is 6. The summed E-state index contributed by atoms with van der Waals surface area (Å²) in [4.78, 5) is 19.5. The Bertz CT molecular complexity index is 1040. The molecule has 7 nitrogen and oxygen atoms in total. The number of nitrogens with zero attached hydrogens (tertiary/aromatic N) is 2. The van der Waals surface area contributed by atoms with Crippen LogP contribution in [0.1, 0.15) is 18.0 Å². The first kappa shape index (κ1) is 16.4. The van der Waals surface area contributed by atoms with Crippen molar-refractivity contribution >= 4 is 28.4 Å². The zero-order chi connectivity index (χ0) is 17.9. The zero-order valence-electron chi connectivity index (χ0n) is 13.7. The molecule has 26 heavy (non-hydrogen) atoms. The van der Waals surface area contributed by atoms with Crippen LogP contribution in [0.4, 0.5) is 0 Å². The van der Waals surface area contributed by atoms with Crippen LogP contribution in [0.5, 0.6) is 0 Å². The molecule has 3 aromatic heterocycles. The highest BCUT2D eigenvalue weighted by molar-refractivity contribution is 6.31. The van der Waals surface area contributed by atoms with Crippen LogP contribution in [0.15, 0.2) is 51.6 Å². The molecular formula is C18H15ClN4O3. The summed E-state index contributed by atoms with van der Waals surface area (Å²) in [5.74, 6) is 1.21. The number of aromatic amines is 1. The van der Waals surface area contributed by atoms with Crippen LogP contribution in [-0.4, -0.2) is 21.0 Å². The molecule has 4 aromatic rings. The van der Waals surface area contributed by atoms with E-state index >= 15 is 0 Å². The van der Waals surface area contributed by atoms with Gasteiger partial charge < -0.3 is 19.2 Å². The average molecular weight is 371 g/mol. The summed E-state index contributed by atoms with van der Waals surface area (Å²) in [6, 6.07) is 11.1. The molecule has 0 radical (unpaired) electrons. The van der Waals surface area contributed by atoms with Crippen LogP contribution in [0.3, 0.4) is 0 Å². The molecule has 132 valence electrons. The first-order valence-corrected chi connectivity index (χ1v) is 8.45. The minimum atomic E-state index is -0.0977. The van der Waals surface area contributed by atoms with Gasteiger partial charge in [-0.25, -0.2) is 0 Å². The molecule has 0 aliphatic heterocycles. The molecule has 1 aromatic carbocycles. The topological polar surface area (TPSA) is 96.9 Å². The number of aryl methyl sites for hydroxylation is 1. The van der Waals surface area contributed by atoms with Gasteiger partial charge >= 0.3 is 0 Å². The number of hydrogen-bond acceptors (Lipinski definition) is 5. The molecule has 0 aliphatic rings. The fourth-order valence-corrected chi connectivity index (χ4v) is 2.80. The number of furan rings is 1. The second-order valence-corrected chi connectivity index (χ2v) is 6.23. The molecule has 0 bridgehead atoms. The largest absolute Gasteiger partial charge is 0.461 e. The summed E-state index contributed by atoms with van der Waals surface area (Å²) in [6.45, 7) is 0.409. The number of nitrogens with one attached hydrogen (secondary N) is 2. The quantitative estimate of drug-likeness (QED) is 0.539. The van der Waals surface area contributed by atoms with E-state index in [2.05, 4.69) is 20.4 Å². The summed E-state index contributed by atoms with van der Waals surface area (Å²) >= 11 is 5.98. The van der Waals surface area contributed by atoms with Crippen molar-refractivity contribution in [2.75, 3.05) is 0 Å². The fraction of sp³-hybridized carbons (Fsp3) is 0.167. The molecule has 0 unspecified atom stereocenters. The molecule has 3 heterocycles. The number of halogens is 1. The van der Waals surface area contributed by atoms with Crippen LogP contribution < -0.4 is 5.32 Å². The van der Waals surface area contributed by atoms with Crippen molar-refractivity contribution in [1.29, 1.82) is 0 Å². The number of amides is 1. The smallest absolute Gasteiger partial charge is 0.238 e. The number of fused-ring (bicyclic) bond motifs is 1. The molecule has 0 saturated heterocycles. The summed E-state index contributed by atoms with van der Waals surface area (Å²) in [5.41, 5.74) is 1.89. The van der Waals surface area contributed by atoms with Crippen molar-refractivity contribution < 1.29 is 13.7 Å². The van der Waals surface area contributed by atoms with Crippen LogP contribution in [0.2, 0.25) is 5.02 Å². The lowest BCUT2D eigenvalue weighted by Gasteiger charge is -2.02. The van der Waals surface area contributed by atoms with Crippen molar-refractivity contribution in [3.8, 4) is 11.6 Å². The number of aromatic nitrogens is 3. The van der Waals surface area contributed by atoms with E-state index in [1.165, 1.54) is 6.26 Å². The van der Waals surface area contributed by atoms with Crippen LogP contribution >= 0.6 is 11.6 Å². The highest BCUT2D eigenvalue weighted by Crippen LogP contribution is 2.20. The van der Waals surface area contributed by atoms with Crippen molar-refractivity contribution in [1.82, 2.24) is 20.4 Å². The van der Waals surface area contributed by atoms with Gasteiger partial charge in [-0.2, -0.15) is 4.98 Å². The molecule has 0 spiro atoms. The molecular weight excluding hydrogens is 356 g/mol. The first-order valence-electron chi connectivity index (χ1n) is 8.08. The number of benzene rings is 1. The minimum absolute atomic E-state index is 0.0977. The molecule has 4 rings (SSSR count). The zero-order valence-corrected chi connectivity index (χ0v) is 14.4. The monoisotopic (exact) mass is 370 g/mol. The summed E-state index contributed by atoms with van der Waals surface area (Å²) in [6.07, 6.45) is 2.16. The maximum Gasteiger partial charge on any atom is 0.238 e. The third-order valence-electron chi connectivity index (χ3n) is 3.89. The van der Waals surface area contributed by atoms with Gasteiger partial charge in [-0.3, -0.25) is 4.79 Å². The second kappa shape index (κ2) is 7.05. The lowest BCUT2D eigenvalue weighted by Crippen LogP contribution is -2.23. The summed E-state index contributed by atoms with van der Waals surface area (Å²) < 4.78 is 10.3. The minimum Gasteiger partial charge on any atom is -0.461 e. The predicted molar refractivity (Wildman–Crippen MR) is 95.5 cm³/mol. The number of carbonyl (C=O) groups is 1. The Balaban J connectivity index is 1.30. The van der Waals surface area contributed by atoms with Crippen LogP contribution in [-0.2, 0) is 17.8 Å². The molecule has 0 fully saturated rings. The van der Waals surface area contributed by atoms with Crippen LogP contribution in [0, 0.1) is 0 Å². The van der Waals surface area contributed by atoms with Gasteiger partial charge in [0.2, 0.25) is 17.6 Å². The maximum atomic E-state index is 12.0. The average Bonchev–Trinajstić information content (AvgIpc) is 3.36. The molecule has 8 heteroatoms. The Labute approximate surface area is 153 Å². The molecule has 2 N–H and O–H groups in total. The van der Waals surface area contributed by atoms with Crippen molar-refractivity contribution in [2.45, 2.75) is 19.4 Å². The second-order valence-electron chi connectivity index (χ2n) is 5.79. The van der Waals surface area contributed by atoms with E-state index in [1.807, 2.05) is 24.3 Å². The van der Waals surface area contributed by atoms with Crippen molar-refractivity contribution in [3.63, 3.8) is 0 Å². The SMILES string of the molecule is O=C(CCc1nc(-c2ccco2)no1)NCc1cc2cc(Cl)ccc2[nH]1. The number of hydrogen-bond donors (Lipinski definition) is 2. The van der Waals surface area contributed by atoms with Gasteiger partial charge in [-0.1, -0.05) is 16.8 Å². The van der Waals surface area contributed by atoms with E-state index < -0.39 is 0 Å². The van der Waals surface area contributed by atoms with Gasteiger partial charge in [-0.05, 0) is 36.4 Å². The lowest BCUT2D eigenvalue weighted by molar-refractivity contribution is -0.121. The van der Waals surface area contributed by atoms with Crippen LogP contribution in [0.25, 0.3) is 22.5 Å². The third-order valence-corrected chi connectivity index (χ3v) is 4.13. The van der Waals surface area contributed by atoms with E-state index in [9.17, 15) is 4.79 Å². The van der Waals surface area contributed by atoms with E-state index in [4.69, 9.17) is 20.5 Å². The van der Waals surface area contributed by atoms with Gasteiger partial charge in [0.25, 0.3) is 0 Å². The standard InChI is InChI=1S/C18H15ClN4O3/c19-12-3-4-14-11(8-12)9-13(21-14)10-20-16(24)5-6-17-22-18(23-26-17)15-2-1-7-25-15/h1-4,7-9,21H,5-6,10H2,(H,20,24). The molecule has 0 saturated carbocycles. The summed E-state index contributed by atoms with van der Waals surface area (Å²) in [7, 11) is 0. The fourth-order valence-electron chi connectivity index (χ4n) is 2.62. The lowest BCUT2D eigenvalue weighted by atomic mass is 10.2. The van der Waals surface area contributed by atoms with Crippen molar-refractivity contribution in [2.24, 2.45) is 0 Å². The van der Waals surface area contributed by atoms with E-state index in [-0.39, 0.29) is 12.3 Å². The van der Waals surface area contributed by atoms with E-state index in [0.29, 0.717) is 35.5 Å². The van der Waals surface area contributed by atoms with Gasteiger partial charge in [0, 0.05) is 34.5 Å². The predicted octanol–water partition coefficient (Wildman–Crippen LogP) is 3.71. The highest BCUT2D eigenvalue weighted by Gasteiger charge is 2.12. The number of carbonyl (C=O) groups excluding carboxylic acids is 1.